The molecule has 0 spiro atoms. The summed E-state index contributed by atoms with van der Waals surface area (Å²) < 4.78 is 40.2. The maximum Gasteiger partial charge on any atom is 0.243 e. The summed E-state index contributed by atoms with van der Waals surface area (Å²) in [6, 6.07) is 21.3. The molecular weight excluding hydrogens is 526 g/mol. The molecule has 2 N–H and O–H groups in total. The summed E-state index contributed by atoms with van der Waals surface area (Å²) in [5, 5.41) is 22.4. The van der Waals surface area contributed by atoms with Crippen molar-refractivity contribution in [1.82, 2.24) is 8.87 Å². The van der Waals surface area contributed by atoms with E-state index in [1.54, 1.807) is 37.4 Å². The van der Waals surface area contributed by atoms with E-state index < -0.39 is 10.0 Å². The Morgan fingerprint density at radius 3 is 2.42 bits per heavy atom. The summed E-state index contributed by atoms with van der Waals surface area (Å²) in [4.78, 5) is 0.104. The van der Waals surface area contributed by atoms with E-state index in [4.69, 9.17) is 21.7 Å². The lowest BCUT2D eigenvalue weighted by Crippen LogP contribution is -2.40. The summed E-state index contributed by atoms with van der Waals surface area (Å²) in [5.74, 6) is 1.24. The molecule has 38 heavy (non-hydrogen) atoms. The average molecular weight is 552 g/mol. The molecule has 2 heterocycles. The number of hydrogen-bond donors (Lipinski definition) is 2. The van der Waals surface area contributed by atoms with Gasteiger partial charge in [0, 0.05) is 31.2 Å². The number of anilines is 1. The number of fused-ring (bicyclic) bond motifs is 1. The minimum Gasteiger partial charge on any atom is -0.493 e. The van der Waals surface area contributed by atoms with Crippen LogP contribution in [0, 0.1) is 0 Å². The van der Waals surface area contributed by atoms with Gasteiger partial charge in [0.15, 0.2) is 5.69 Å². The quantitative estimate of drug-likeness (QED) is 0.251. The van der Waals surface area contributed by atoms with E-state index in [0.717, 1.165) is 5.75 Å². The summed E-state index contributed by atoms with van der Waals surface area (Å²) in [5.41, 5.74) is 1.40. The van der Waals surface area contributed by atoms with E-state index in [0.29, 0.717) is 35.6 Å². The van der Waals surface area contributed by atoms with Crippen LogP contribution in [0.1, 0.15) is 0 Å². The molecule has 196 valence electrons. The maximum atomic E-state index is 13.1. The minimum atomic E-state index is -3.73. The van der Waals surface area contributed by atoms with Crippen LogP contribution in [-0.2, 0) is 21.8 Å². The third-order valence-corrected chi connectivity index (χ3v) is 8.13. The number of thiocarbonyl (C=S) groups is 1. The highest BCUT2D eigenvalue weighted by molar-refractivity contribution is 7.89. The molecule has 0 amide bonds. The first-order chi connectivity index (χ1) is 18.3. The molecule has 0 bridgehead atoms. The van der Waals surface area contributed by atoms with Crippen LogP contribution in [0.2, 0.25) is 0 Å². The largest absolute Gasteiger partial charge is 0.493 e. The van der Waals surface area contributed by atoms with Crippen molar-refractivity contribution in [2.75, 3.05) is 31.6 Å². The Morgan fingerprint density at radius 2 is 1.71 bits per heavy atom. The van der Waals surface area contributed by atoms with Gasteiger partial charge in [-0.3, -0.25) is 0 Å². The first-order valence-electron chi connectivity index (χ1n) is 11.8. The van der Waals surface area contributed by atoms with Gasteiger partial charge in [-0.1, -0.05) is 18.2 Å². The number of benzene rings is 3. The third-order valence-electron chi connectivity index (χ3n) is 6.05. The Morgan fingerprint density at radius 1 is 1.03 bits per heavy atom. The van der Waals surface area contributed by atoms with Crippen LogP contribution in [0.5, 0.6) is 17.4 Å². The molecule has 0 saturated carbocycles. The van der Waals surface area contributed by atoms with Crippen LogP contribution < -0.4 is 10.1 Å². The number of nitrogens with zero attached hydrogens (tertiary/aromatic N) is 4. The van der Waals surface area contributed by atoms with E-state index in [-0.39, 0.29) is 34.7 Å². The highest BCUT2D eigenvalue weighted by atomic mass is 32.2. The molecule has 12 heteroatoms. The number of morpholine rings is 1. The molecule has 0 radical (unpaired) electrons. The van der Waals surface area contributed by atoms with Crippen molar-refractivity contribution in [2.45, 2.75) is 4.90 Å². The molecule has 0 aliphatic carbocycles. The van der Waals surface area contributed by atoms with Crippen LogP contribution in [0.4, 0.5) is 11.4 Å². The van der Waals surface area contributed by atoms with Crippen molar-refractivity contribution in [3.63, 3.8) is 0 Å². The van der Waals surface area contributed by atoms with Gasteiger partial charge in [0.05, 0.1) is 23.6 Å². The van der Waals surface area contributed by atoms with Gasteiger partial charge in [-0.15, -0.1) is 10.2 Å². The second kappa shape index (κ2) is 10.9. The third kappa shape index (κ3) is 5.38. The van der Waals surface area contributed by atoms with Crippen LogP contribution in [-0.4, -0.2) is 53.8 Å². The molecule has 10 nitrogen and oxygen atoms in total. The second-order valence-electron chi connectivity index (χ2n) is 8.50. The van der Waals surface area contributed by atoms with Crippen LogP contribution in [0.3, 0.4) is 0 Å². The molecule has 0 atom stereocenters. The minimum absolute atomic E-state index is 0.0650. The Kier molecular flexibility index (Phi) is 7.38. The number of aromatic hydroxyl groups is 1. The van der Waals surface area contributed by atoms with Gasteiger partial charge in [-0.2, -0.15) is 4.31 Å². The Labute approximate surface area is 225 Å². The number of hydrogen-bond acceptors (Lipinski definition) is 7. The molecule has 4 aromatic rings. The standard InChI is InChI=1S/C26H25N5O5S2/c1-30-23-12-11-21(38(33,34)31-13-15-35-16-14-31)17-22(23)24(25(30)32)28-29-26(37)27-18-7-9-20(10-8-18)36-19-5-3-2-4-6-19/h2-12,17,32H,13-16H2,1H3,(H,27,37). The molecule has 1 aromatic heterocycles. The summed E-state index contributed by atoms with van der Waals surface area (Å²) in [6.07, 6.45) is 0. The Hall–Kier alpha value is -3.84. The van der Waals surface area contributed by atoms with Crippen molar-refractivity contribution in [2.24, 2.45) is 17.3 Å². The number of aromatic nitrogens is 1. The highest BCUT2D eigenvalue weighted by Gasteiger charge is 2.27. The number of aryl methyl sites for hydroxylation is 1. The predicted octanol–water partition coefficient (Wildman–Crippen LogP) is 5.18. The zero-order valence-electron chi connectivity index (χ0n) is 20.4. The number of sulfonamides is 1. The van der Waals surface area contributed by atoms with Crippen LogP contribution in [0.25, 0.3) is 10.9 Å². The molecule has 1 saturated heterocycles. The molecule has 3 aromatic carbocycles. The van der Waals surface area contributed by atoms with Crippen molar-refractivity contribution in [1.29, 1.82) is 0 Å². The average Bonchev–Trinajstić information content (AvgIpc) is 3.18. The monoisotopic (exact) mass is 551 g/mol. The lowest BCUT2D eigenvalue weighted by molar-refractivity contribution is 0.0730. The molecule has 5 rings (SSSR count). The van der Waals surface area contributed by atoms with Gasteiger partial charge < -0.3 is 24.5 Å². The zero-order chi connectivity index (χ0) is 26.7. The fourth-order valence-corrected chi connectivity index (χ4v) is 5.65. The number of nitrogens with one attached hydrogen (secondary N) is 1. The van der Waals surface area contributed by atoms with Crippen molar-refractivity contribution >= 4 is 49.6 Å². The molecule has 0 unspecified atom stereocenters. The maximum absolute atomic E-state index is 13.1. The molecular formula is C26H25N5O5S2. The van der Waals surface area contributed by atoms with Crippen LogP contribution in [0.15, 0.2) is 87.9 Å². The number of para-hydroxylation sites is 1. The number of ether oxygens (including phenoxy) is 2. The summed E-state index contributed by atoms with van der Waals surface area (Å²) >= 11 is 5.31. The van der Waals surface area contributed by atoms with Gasteiger partial charge in [0.2, 0.25) is 21.0 Å². The van der Waals surface area contributed by atoms with Crippen LogP contribution >= 0.6 is 12.2 Å². The Bertz CT molecular complexity index is 1600. The van der Waals surface area contributed by atoms with E-state index >= 15 is 0 Å². The smallest absolute Gasteiger partial charge is 0.243 e. The fraction of sp³-hybridized carbons (Fsp3) is 0.192. The molecule has 1 aliphatic rings. The SMILES string of the molecule is Cn1c(O)c(N=NC(=S)Nc2ccc(Oc3ccccc3)cc2)c2cc(S(=O)(=O)N3CCOCC3)ccc21. The topological polar surface area (TPSA) is 118 Å². The van der Waals surface area contributed by atoms with E-state index in [2.05, 4.69) is 15.5 Å². The van der Waals surface area contributed by atoms with E-state index in [1.165, 1.54) is 21.0 Å². The van der Waals surface area contributed by atoms with Crippen molar-refractivity contribution < 1.29 is 23.0 Å². The lowest BCUT2D eigenvalue weighted by atomic mass is 10.2. The first-order valence-corrected chi connectivity index (χ1v) is 13.6. The molecule has 1 fully saturated rings. The fourth-order valence-electron chi connectivity index (χ4n) is 4.06. The first kappa shape index (κ1) is 25.8. The van der Waals surface area contributed by atoms with Crippen molar-refractivity contribution in [3.8, 4) is 17.4 Å². The van der Waals surface area contributed by atoms with E-state index in [1.807, 2.05) is 30.3 Å². The summed E-state index contributed by atoms with van der Waals surface area (Å²) in [6.45, 7) is 1.26. The van der Waals surface area contributed by atoms with Gasteiger partial charge >= 0.3 is 0 Å². The summed E-state index contributed by atoms with van der Waals surface area (Å²) in [7, 11) is -2.07. The number of rotatable bonds is 6. The predicted molar refractivity (Wildman–Crippen MR) is 148 cm³/mol. The zero-order valence-corrected chi connectivity index (χ0v) is 22.1. The van der Waals surface area contributed by atoms with Gasteiger partial charge in [0.1, 0.15) is 11.5 Å². The second-order valence-corrected chi connectivity index (χ2v) is 10.8. The Balaban J connectivity index is 1.34. The number of azo groups is 1. The lowest BCUT2D eigenvalue weighted by Gasteiger charge is -2.26. The van der Waals surface area contributed by atoms with E-state index in [9.17, 15) is 13.5 Å². The van der Waals surface area contributed by atoms with Gasteiger partial charge in [-0.05, 0) is 66.8 Å². The van der Waals surface area contributed by atoms with Gasteiger partial charge in [0.25, 0.3) is 0 Å². The molecule has 1 aliphatic heterocycles. The van der Waals surface area contributed by atoms with Crippen molar-refractivity contribution in [3.05, 3.63) is 72.8 Å². The normalized spacial score (nSPS) is 14.7. The van der Waals surface area contributed by atoms with Gasteiger partial charge in [-0.25, -0.2) is 8.42 Å². The highest BCUT2D eigenvalue weighted by Crippen LogP contribution is 2.39.